The predicted octanol–water partition coefficient (Wildman–Crippen LogP) is 1.37. The first-order valence-electron chi connectivity index (χ1n) is 6.25. The Morgan fingerprint density at radius 2 is 2.35 bits per heavy atom. The van der Waals surface area contributed by atoms with E-state index < -0.39 is 0 Å². The zero-order valence-electron chi connectivity index (χ0n) is 10.8. The minimum absolute atomic E-state index is 0.0661. The van der Waals surface area contributed by atoms with Crippen molar-refractivity contribution in [1.82, 2.24) is 19.5 Å². The highest BCUT2D eigenvalue weighted by Crippen LogP contribution is 2.28. The van der Waals surface area contributed by atoms with E-state index in [2.05, 4.69) is 15.0 Å². The summed E-state index contributed by atoms with van der Waals surface area (Å²) >= 11 is 5.99. The number of hydrogen-bond donors (Lipinski definition) is 0. The number of halogens is 1. The van der Waals surface area contributed by atoms with Crippen LogP contribution in [0.15, 0.2) is 12.7 Å². The van der Waals surface area contributed by atoms with E-state index in [4.69, 9.17) is 21.1 Å². The molecule has 0 saturated carbocycles. The van der Waals surface area contributed by atoms with Crippen LogP contribution in [0.25, 0.3) is 11.2 Å². The van der Waals surface area contributed by atoms with E-state index in [-0.39, 0.29) is 18.1 Å². The highest BCUT2D eigenvalue weighted by molar-refractivity contribution is 6.33. The van der Waals surface area contributed by atoms with Gasteiger partial charge in [-0.1, -0.05) is 11.6 Å². The molecule has 0 bridgehead atoms. The van der Waals surface area contributed by atoms with Gasteiger partial charge < -0.3 is 14.0 Å². The van der Waals surface area contributed by atoms with Crippen molar-refractivity contribution in [2.75, 3.05) is 13.2 Å². The van der Waals surface area contributed by atoms with Crippen molar-refractivity contribution in [3.63, 3.8) is 0 Å². The minimum atomic E-state index is -0.354. The summed E-state index contributed by atoms with van der Waals surface area (Å²) in [5.41, 5.74) is 1.18. The van der Waals surface area contributed by atoms with Gasteiger partial charge in [0, 0.05) is 13.5 Å². The van der Waals surface area contributed by atoms with E-state index in [1.54, 1.807) is 6.33 Å². The second-order valence-electron chi connectivity index (χ2n) is 4.57. The number of ether oxygens (including phenoxy) is 2. The van der Waals surface area contributed by atoms with Crippen molar-refractivity contribution in [3.05, 3.63) is 17.8 Å². The van der Waals surface area contributed by atoms with Crippen LogP contribution in [0.5, 0.6) is 0 Å². The summed E-state index contributed by atoms with van der Waals surface area (Å²) in [6, 6.07) is -0.0661. The van der Waals surface area contributed by atoms with Gasteiger partial charge in [-0.3, -0.25) is 4.79 Å². The zero-order valence-corrected chi connectivity index (χ0v) is 11.6. The Bertz CT molecular complexity index is 645. The topological polar surface area (TPSA) is 79.1 Å². The Balaban J connectivity index is 1.99. The van der Waals surface area contributed by atoms with Gasteiger partial charge >= 0.3 is 5.97 Å². The second kappa shape index (κ2) is 5.34. The summed E-state index contributed by atoms with van der Waals surface area (Å²) < 4.78 is 12.6. The molecule has 0 aromatic carbocycles. The molecular weight excluding hydrogens is 284 g/mol. The Hall–Kier alpha value is -1.73. The molecule has 0 radical (unpaired) electrons. The molecule has 0 spiro atoms. The van der Waals surface area contributed by atoms with Gasteiger partial charge in [-0.15, -0.1) is 0 Å². The molecule has 2 atom stereocenters. The van der Waals surface area contributed by atoms with Crippen molar-refractivity contribution in [2.24, 2.45) is 0 Å². The fourth-order valence-corrected chi connectivity index (χ4v) is 2.59. The molecule has 1 aliphatic rings. The molecule has 1 saturated heterocycles. The minimum Gasteiger partial charge on any atom is -0.458 e. The summed E-state index contributed by atoms with van der Waals surface area (Å²) in [5, 5.41) is 0.310. The number of fused-ring (bicyclic) bond motifs is 1. The third-order valence-electron chi connectivity index (χ3n) is 3.26. The van der Waals surface area contributed by atoms with Gasteiger partial charge in [0.05, 0.1) is 19.0 Å². The Morgan fingerprint density at radius 3 is 3.15 bits per heavy atom. The number of carbonyl (C=O) groups is 1. The van der Waals surface area contributed by atoms with Crippen LogP contribution in [0, 0.1) is 0 Å². The van der Waals surface area contributed by atoms with E-state index in [1.165, 1.54) is 13.3 Å². The Labute approximate surface area is 119 Å². The number of carbonyl (C=O) groups excluding carboxylic acids is 1. The third kappa shape index (κ3) is 2.34. The van der Waals surface area contributed by atoms with E-state index in [0.717, 1.165) is 0 Å². The fraction of sp³-hybridized carbons (Fsp3) is 0.500. The maximum Gasteiger partial charge on any atom is 0.303 e. The molecule has 3 rings (SSSR count). The molecule has 8 heteroatoms. The molecule has 7 nitrogen and oxygen atoms in total. The standard InChI is InChI=1S/C12H13ClN4O3/c1-7(18)20-9-4-19-3-2-8(9)17-6-16-10-11(13)14-5-15-12(10)17/h5-6,8-9H,2-4H2,1H3/t8-,9-/m1/s1. The molecule has 2 aromatic heterocycles. The van der Waals surface area contributed by atoms with Crippen LogP contribution >= 0.6 is 11.6 Å². The van der Waals surface area contributed by atoms with E-state index >= 15 is 0 Å². The van der Waals surface area contributed by atoms with Gasteiger partial charge in [0.25, 0.3) is 0 Å². The lowest BCUT2D eigenvalue weighted by atomic mass is 10.1. The highest BCUT2D eigenvalue weighted by Gasteiger charge is 2.31. The normalized spacial score (nSPS) is 22.9. The lowest BCUT2D eigenvalue weighted by Gasteiger charge is -2.31. The van der Waals surface area contributed by atoms with Gasteiger partial charge in [0.2, 0.25) is 0 Å². The van der Waals surface area contributed by atoms with Crippen LogP contribution in [0.3, 0.4) is 0 Å². The third-order valence-corrected chi connectivity index (χ3v) is 3.53. The van der Waals surface area contributed by atoms with E-state index in [9.17, 15) is 4.79 Å². The summed E-state index contributed by atoms with van der Waals surface area (Å²) in [4.78, 5) is 23.5. The van der Waals surface area contributed by atoms with Crippen LogP contribution < -0.4 is 0 Å². The largest absolute Gasteiger partial charge is 0.458 e. The second-order valence-corrected chi connectivity index (χ2v) is 4.93. The lowest BCUT2D eigenvalue weighted by Crippen LogP contribution is -2.37. The van der Waals surface area contributed by atoms with Crippen LogP contribution in [0.1, 0.15) is 19.4 Å². The van der Waals surface area contributed by atoms with Crippen molar-refractivity contribution >= 4 is 28.7 Å². The van der Waals surface area contributed by atoms with Crippen LogP contribution in [-0.2, 0) is 14.3 Å². The quantitative estimate of drug-likeness (QED) is 0.615. The summed E-state index contributed by atoms with van der Waals surface area (Å²) in [6.45, 7) is 2.35. The molecule has 1 fully saturated rings. The number of imidazole rings is 1. The Kier molecular flexibility index (Phi) is 3.54. The molecule has 0 unspecified atom stereocenters. The molecule has 2 aromatic rings. The van der Waals surface area contributed by atoms with Crippen molar-refractivity contribution < 1.29 is 14.3 Å². The molecule has 106 valence electrons. The van der Waals surface area contributed by atoms with Gasteiger partial charge in [-0.25, -0.2) is 15.0 Å². The highest BCUT2D eigenvalue weighted by atomic mass is 35.5. The number of rotatable bonds is 2. The predicted molar refractivity (Wildman–Crippen MR) is 70.4 cm³/mol. The SMILES string of the molecule is CC(=O)O[C@@H]1COCC[C@H]1n1cnc2c(Cl)ncnc21. The van der Waals surface area contributed by atoms with Crippen LogP contribution in [0.2, 0.25) is 5.15 Å². The van der Waals surface area contributed by atoms with Crippen molar-refractivity contribution in [3.8, 4) is 0 Å². The molecule has 3 heterocycles. The lowest BCUT2D eigenvalue weighted by molar-refractivity contribution is -0.156. The number of aromatic nitrogens is 4. The first-order valence-corrected chi connectivity index (χ1v) is 6.62. The van der Waals surface area contributed by atoms with Gasteiger partial charge in [-0.05, 0) is 6.42 Å². The first kappa shape index (κ1) is 13.3. The molecule has 1 aliphatic heterocycles. The van der Waals surface area contributed by atoms with Gasteiger partial charge in [0.15, 0.2) is 10.8 Å². The zero-order chi connectivity index (χ0) is 14.1. The number of esters is 1. The number of hydrogen-bond acceptors (Lipinski definition) is 6. The maximum atomic E-state index is 11.2. The van der Waals surface area contributed by atoms with Crippen molar-refractivity contribution in [2.45, 2.75) is 25.5 Å². The summed E-state index contributed by atoms with van der Waals surface area (Å²) in [6.07, 6.45) is 3.40. The average Bonchev–Trinajstić information content (AvgIpc) is 2.84. The monoisotopic (exact) mass is 296 g/mol. The molecule has 0 aliphatic carbocycles. The van der Waals surface area contributed by atoms with Crippen molar-refractivity contribution in [1.29, 1.82) is 0 Å². The molecule has 20 heavy (non-hydrogen) atoms. The van der Waals surface area contributed by atoms with Crippen LogP contribution in [-0.4, -0.2) is 44.8 Å². The van der Waals surface area contributed by atoms with E-state index in [1.807, 2.05) is 4.57 Å². The molecule has 0 amide bonds. The summed E-state index contributed by atoms with van der Waals surface area (Å²) in [5.74, 6) is -0.331. The average molecular weight is 297 g/mol. The Morgan fingerprint density at radius 1 is 1.50 bits per heavy atom. The number of nitrogens with zero attached hydrogens (tertiary/aromatic N) is 4. The maximum absolute atomic E-state index is 11.2. The summed E-state index contributed by atoms with van der Waals surface area (Å²) in [7, 11) is 0. The molecule has 0 N–H and O–H groups in total. The molecular formula is C12H13ClN4O3. The van der Waals surface area contributed by atoms with Crippen LogP contribution in [0.4, 0.5) is 0 Å². The van der Waals surface area contributed by atoms with Gasteiger partial charge in [0.1, 0.15) is 17.9 Å². The fourth-order valence-electron chi connectivity index (χ4n) is 2.41. The first-order chi connectivity index (χ1) is 9.66. The van der Waals surface area contributed by atoms with Gasteiger partial charge in [-0.2, -0.15) is 0 Å². The smallest absolute Gasteiger partial charge is 0.303 e. The van der Waals surface area contributed by atoms with E-state index in [0.29, 0.717) is 36.0 Å².